The van der Waals surface area contributed by atoms with Crippen molar-refractivity contribution in [1.82, 2.24) is 15.1 Å². The number of carbonyl (C=O) groups excluding carboxylic acids is 3. The van der Waals surface area contributed by atoms with Crippen LogP contribution in [0.4, 0.5) is 0 Å². The highest BCUT2D eigenvalue weighted by Crippen LogP contribution is 2.34. The number of likely N-dealkylation sites (N-methyl/N-ethyl adjacent to an activating group) is 2. The van der Waals surface area contributed by atoms with Gasteiger partial charge in [-0.15, -0.1) is 0 Å². The van der Waals surface area contributed by atoms with Gasteiger partial charge in [0, 0.05) is 36.9 Å². The number of ketones is 1. The largest absolute Gasteiger partial charge is 0.347 e. The van der Waals surface area contributed by atoms with Crippen LogP contribution in [0.15, 0.2) is 30.3 Å². The van der Waals surface area contributed by atoms with E-state index in [1.165, 1.54) is 0 Å². The molecule has 6 heteroatoms. The van der Waals surface area contributed by atoms with Gasteiger partial charge in [-0.1, -0.05) is 77.8 Å². The zero-order valence-electron chi connectivity index (χ0n) is 23.0. The van der Waals surface area contributed by atoms with Gasteiger partial charge in [-0.2, -0.15) is 0 Å². The second kappa shape index (κ2) is 13.2. The second-order valence-electron chi connectivity index (χ2n) is 11.2. The molecule has 196 valence electrons. The number of nitrogens with zero attached hydrogens (tertiary/aromatic N) is 2. The molecular weight excluding hydrogens is 438 g/mol. The number of hydrogen-bond donors (Lipinski definition) is 1. The molecule has 2 rings (SSSR count). The first-order chi connectivity index (χ1) is 16.5. The molecule has 0 heterocycles. The van der Waals surface area contributed by atoms with Crippen molar-refractivity contribution in [1.29, 1.82) is 0 Å². The summed E-state index contributed by atoms with van der Waals surface area (Å²) in [5.41, 5.74) is 0.768. The maximum Gasteiger partial charge on any atom is 0.242 e. The third kappa shape index (κ3) is 7.89. The summed E-state index contributed by atoms with van der Waals surface area (Å²) in [7, 11) is 3.76. The normalized spacial score (nSPS) is 16.4. The third-order valence-corrected chi connectivity index (χ3v) is 7.92. The lowest BCUT2D eigenvalue weighted by molar-refractivity contribution is -0.136. The number of Topliss-reactive ketones (excluding diaryl/α,β-unsaturated/α-hetero) is 1. The van der Waals surface area contributed by atoms with Gasteiger partial charge in [0.1, 0.15) is 5.78 Å². The fourth-order valence-electron chi connectivity index (χ4n) is 5.50. The van der Waals surface area contributed by atoms with Crippen molar-refractivity contribution in [3.8, 4) is 0 Å². The molecule has 0 aliphatic heterocycles. The Morgan fingerprint density at radius 3 is 2.20 bits per heavy atom. The van der Waals surface area contributed by atoms with Crippen molar-refractivity contribution in [2.24, 2.45) is 17.8 Å². The summed E-state index contributed by atoms with van der Waals surface area (Å²) in [6, 6.07) is 10.0. The molecule has 1 fully saturated rings. The van der Waals surface area contributed by atoms with Gasteiger partial charge in [0.05, 0.1) is 13.1 Å². The maximum absolute atomic E-state index is 13.1. The zero-order valence-corrected chi connectivity index (χ0v) is 23.0. The molecule has 0 saturated heterocycles. The number of hydrogen-bond acceptors (Lipinski definition) is 4. The highest BCUT2D eigenvalue weighted by atomic mass is 16.2. The molecule has 0 spiro atoms. The van der Waals surface area contributed by atoms with Gasteiger partial charge >= 0.3 is 0 Å². The SMILES string of the molecule is CC[C@H](C(=O)NCC(=O)N(C)[C@H](CN(C)CC(=O)C1CCCC1)C(C)C)C(C)(C)c1ccccc1. The van der Waals surface area contributed by atoms with Crippen molar-refractivity contribution < 1.29 is 14.4 Å². The molecule has 6 nitrogen and oxygen atoms in total. The summed E-state index contributed by atoms with van der Waals surface area (Å²) in [5, 5.41) is 2.91. The Morgan fingerprint density at radius 1 is 1.06 bits per heavy atom. The van der Waals surface area contributed by atoms with E-state index in [9.17, 15) is 14.4 Å². The van der Waals surface area contributed by atoms with E-state index in [4.69, 9.17) is 0 Å². The number of benzene rings is 1. The molecule has 1 aliphatic carbocycles. The van der Waals surface area contributed by atoms with Crippen molar-refractivity contribution >= 4 is 17.6 Å². The minimum atomic E-state index is -0.343. The molecule has 1 N–H and O–H groups in total. The van der Waals surface area contributed by atoms with Crippen LogP contribution in [0.2, 0.25) is 0 Å². The van der Waals surface area contributed by atoms with Crippen LogP contribution in [0.5, 0.6) is 0 Å². The maximum atomic E-state index is 13.1. The molecule has 35 heavy (non-hydrogen) atoms. The number of carbonyl (C=O) groups is 3. The predicted octanol–water partition coefficient (Wildman–Crippen LogP) is 4.28. The monoisotopic (exact) mass is 485 g/mol. The predicted molar refractivity (Wildman–Crippen MR) is 142 cm³/mol. The van der Waals surface area contributed by atoms with Gasteiger partial charge in [0.25, 0.3) is 0 Å². The standard InChI is InChI=1S/C29H47N3O3/c1-8-24(29(4,5)23-16-10-9-11-17-23)28(35)30-18-27(34)32(7)25(21(2)3)19-31(6)20-26(33)22-14-12-13-15-22/h9-11,16-17,21-22,24-25H,8,12-15,18-20H2,1-7H3,(H,30,35)/t24-,25-/m1/s1. The van der Waals surface area contributed by atoms with Gasteiger partial charge in [-0.25, -0.2) is 0 Å². The Hall–Kier alpha value is -2.21. The molecule has 0 bridgehead atoms. The quantitative estimate of drug-likeness (QED) is 0.453. The molecule has 1 aromatic rings. The molecule has 0 unspecified atom stereocenters. The van der Waals surface area contributed by atoms with Crippen molar-refractivity contribution in [3.63, 3.8) is 0 Å². The van der Waals surface area contributed by atoms with E-state index in [0.717, 1.165) is 31.2 Å². The highest BCUT2D eigenvalue weighted by Gasteiger charge is 2.35. The molecule has 0 radical (unpaired) electrons. The smallest absolute Gasteiger partial charge is 0.242 e. The minimum absolute atomic E-state index is 0.0232. The lowest BCUT2D eigenvalue weighted by Crippen LogP contribution is -2.51. The molecular formula is C29H47N3O3. The minimum Gasteiger partial charge on any atom is -0.347 e. The summed E-state index contributed by atoms with van der Waals surface area (Å²) in [6.07, 6.45) is 5.01. The van der Waals surface area contributed by atoms with E-state index in [1.807, 2.05) is 37.1 Å². The van der Waals surface area contributed by atoms with E-state index in [0.29, 0.717) is 25.3 Å². The average molecular weight is 486 g/mol. The van der Waals surface area contributed by atoms with Crippen LogP contribution >= 0.6 is 0 Å². The zero-order chi connectivity index (χ0) is 26.2. The molecule has 1 aliphatic rings. The number of rotatable bonds is 13. The van der Waals surface area contributed by atoms with Crippen LogP contribution in [0.3, 0.4) is 0 Å². The first-order valence-electron chi connectivity index (χ1n) is 13.3. The number of nitrogens with one attached hydrogen (secondary N) is 1. The Balaban J connectivity index is 1.95. The fourth-order valence-corrected chi connectivity index (χ4v) is 5.50. The van der Waals surface area contributed by atoms with E-state index < -0.39 is 0 Å². The topological polar surface area (TPSA) is 69.7 Å². The Bertz CT molecular complexity index is 831. The fraction of sp³-hybridized carbons (Fsp3) is 0.690. The van der Waals surface area contributed by atoms with Crippen LogP contribution in [0, 0.1) is 17.8 Å². The summed E-state index contributed by atoms with van der Waals surface area (Å²) >= 11 is 0. The van der Waals surface area contributed by atoms with Crippen LogP contribution in [-0.4, -0.2) is 67.2 Å². The Kier molecular flexibility index (Phi) is 10.9. The van der Waals surface area contributed by atoms with Gasteiger partial charge in [-0.3, -0.25) is 19.3 Å². The van der Waals surface area contributed by atoms with Crippen LogP contribution in [0.25, 0.3) is 0 Å². The average Bonchev–Trinajstić information content (AvgIpc) is 3.36. The summed E-state index contributed by atoms with van der Waals surface area (Å²) in [6.45, 7) is 11.4. The first-order valence-corrected chi connectivity index (χ1v) is 13.3. The van der Waals surface area contributed by atoms with Gasteiger partial charge in [-0.05, 0) is 37.8 Å². The van der Waals surface area contributed by atoms with Gasteiger partial charge < -0.3 is 10.2 Å². The van der Waals surface area contributed by atoms with Crippen LogP contribution < -0.4 is 5.32 Å². The van der Waals surface area contributed by atoms with E-state index >= 15 is 0 Å². The van der Waals surface area contributed by atoms with Crippen LogP contribution in [0.1, 0.15) is 72.3 Å². The lowest BCUT2D eigenvalue weighted by Gasteiger charge is -2.35. The Labute approximate surface area is 212 Å². The first kappa shape index (κ1) is 29.0. The van der Waals surface area contributed by atoms with Crippen molar-refractivity contribution in [2.75, 3.05) is 33.7 Å². The third-order valence-electron chi connectivity index (χ3n) is 7.92. The summed E-state index contributed by atoms with van der Waals surface area (Å²) in [4.78, 5) is 42.6. The number of amides is 2. The van der Waals surface area contributed by atoms with Gasteiger partial charge in [0.2, 0.25) is 11.8 Å². The van der Waals surface area contributed by atoms with E-state index in [2.05, 4.69) is 45.1 Å². The van der Waals surface area contributed by atoms with E-state index in [1.54, 1.807) is 11.9 Å². The van der Waals surface area contributed by atoms with E-state index in [-0.39, 0.29) is 47.6 Å². The second-order valence-corrected chi connectivity index (χ2v) is 11.2. The molecule has 0 aromatic heterocycles. The summed E-state index contributed by atoms with van der Waals surface area (Å²) < 4.78 is 0. The van der Waals surface area contributed by atoms with Gasteiger partial charge in [0.15, 0.2) is 0 Å². The molecule has 1 saturated carbocycles. The Morgan fingerprint density at radius 2 is 1.66 bits per heavy atom. The molecule has 2 amide bonds. The van der Waals surface area contributed by atoms with Crippen LogP contribution in [-0.2, 0) is 19.8 Å². The summed E-state index contributed by atoms with van der Waals surface area (Å²) in [5.74, 6) is 0.306. The highest BCUT2D eigenvalue weighted by molar-refractivity contribution is 5.86. The van der Waals surface area contributed by atoms with Crippen molar-refractivity contribution in [3.05, 3.63) is 35.9 Å². The lowest BCUT2D eigenvalue weighted by atomic mass is 9.71. The molecule has 2 atom stereocenters. The molecule has 1 aromatic carbocycles. The van der Waals surface area contributed by atoms with Crippen molar-refractivity contribution in [2.45, 2.75) is 78.2 Å².